The molecule has 0 saturated carbocycles. The van der Waals surface area contributed by atoms with Crippen LogP contribution in [0.5, 0.6) is 0 Å². The van der Waals surface area contributed by atoms with Crippen LogP contribution in [0.4, 0.5) is 5.82 Å². The van der Waals surface area contributed by atoms with Crippen molar-refractivity contribution in [1.29, 1.82) is 0 Å². The number of hydrogen-bond acceptors (Lipinski definition) is 5. The fourth-order valence-electron chi connectivity index (χ4n) is 2.34. The molecule has 2 heterocycles. The number of aromatic nitrogens is 3. The summed E-state index contributed by atoms with van der Waals surface area (Å²) >= 11 is 0. The van der Waals surface area contributed by atoms with Crippen LogP contribution in [-0.4, -0.2) is 45.0 Å². The van der Waals surface area contributed by atoms with Gasteiger partial charge in [0, 0.05) is 18.8 Å². The minimum atomic E-state index is -0.366. The molecule has 0 fully saturated rings. The van der Waals surface area contributed by atoms with Gasteiger partial charge in [-0.15, -0.1) is 0 Å². The number of aryl methyl sites for hydroxylation is 1. The monoisotopic (exact) mass is 339 g/mol. The first-order valence-electron chi connectivity index (χ1n) is 7.61. The van der Waals surface area contributed by atoms with E-state index in [-0.39, 0.29) is 18.4 Å². The van der Waals surface area contributed by atoms with Crippen molar-refractivity contribution in [2.24, 2.45) is 0 Å². The lowest BCUT2D eigenvalue weighted by Gasteiger charge is -2.17. The number of nitrogens with one attached hydrogen (secondary N) is 1. The van der Waals surface area contributed by atoms with E-state index in [9.17, 15) is 9.59 Å². The molecule has 0 bridgehead atoms. The van der Waals surface area contributed by atoms with Crippen molar-refractivity contribution in [1.82, 2.24) is 19.6 Å². The maximum atomic E-state index is 12.6. The number of benzene rings is 1. The van der Waals surface area contributed by atoms with E-state index in [2.05, 4.69) is 15.5 Å². The Kier molecular flexibility index (Phi) is 4.60. The number of carbonyl (C=O) groups is 2. The Balaban J connectivity index is 1.69. The summed E-state index contributed by atoms with van der Waals surface area (Å²) in [6.07, 6.45) is 3.04. The van der Waals surface area contributed by atoms with E-state index in [1.54, 1.807) is 30.9 Å². The molecule has 3 rings (SSSR count). The Morgan fingerprint density at radius 3 is 2.72 bits per heavy atom. The lowest BCUT2D eigenvalue weighted by atomic mass is 10.3. The van der Waals surface area contributed by atoms with Gasteiger partial charge in [0.1, 0.15) is 11.5 Å². The third-order valence-corrected chi connectivity index (χ3v) is 3.51. The van der Waals surface area contributed by atoms with Gasteiger partial charge in [0.2, 0.25) is 5.91 Å². The average Bonchev–Trinajstić information content (AvgIpc) is 3.24. The smallest absolute Gasteiger partial charge is 0.272 e. The number of carbonyl (C=O) groups excluding carboxylic acids is 2. The van der Waals surface area contributed by atoms with E-state index in [0.29, 0.717) is 17.3 Å². The lowest BCUT2D eigenvalue weighted by Crippen LogP contribution is -2.35. The predicted octanol–water partition coefficient (Wildman–Crippen LogP) is 1.88. The van der Waals surface area contributed by atoms with Crippen LogP contribution in [0.2, 0.25) is 0 Å². The fraction of sp³-hybridized carbons (Fsp3) is 0.176. The number of anilines is 1. The molecule has 2 aromatic heterocycles. The first-order chi connectivity index (χ1) is 12.0. The molecule has 1 N–H and O–H groups in total. The van der Waals surface area contributed by atoms with Crippen molar-refractivity contribution >= 4 is 17.6 Å². The number of amides is 2. The normalized spacial score (nSPS) is 10.5. The lowest BCUT2D eigenvalue weighted by molar-refractivity contribution is -0.116. The minimum Gasteiger partial charge on any atom is -0.360 e. The molecule has 128 valence electrons. The van der Waals surface area contributed by atoms with Crippen LogP contribution in [0.1, 0.15) is 16.2 Å². The first kappa shape index (κ1) is 16.4. The zero-order chi connectivity index (χ0) is 17.8. The van der Waals surface area contributed by atoms with Crippen LogP contribution in [0, 0.1) is 6.92 Å². The summed E-state index contributed by atoms with van der Waals surface area (Å²) in [7, 11) is 1.55. The Morgan fingerprint density at radius 2 is 2.04 bits per heavy atom. The Hall–Kier alpha value is -3.42. The summed E-state index contributed by atoms with van der Waals surface area (Å²) in [5.41, 5.74) is 1.19. The van der Waals surface area contributed by atoms with Gasteiger partial charge in [-0.3, -0.25) is 14.2 Å². The molecule has 8 nitrogen and oxygen atoms in total. The van der Waals surface area contributed by atoms with Crippen molar-refractivity contribution in [2.75, 3.05) is 18.9 Å². The third-order valence-electron chi connectivity index (χ3n) is 3.51. The van der Waals surface area contributed by atoms with Gasteiger partial charge < -0.3 is 14.7 Å². The molecule has 0 unspecified atom stereocenters. The topological polar surface area (TPSA) is 93.3 Å². The molecular formula is C17H17N5O3. The first-order valence-corrected chi connectivity index (χ1v) is 7.61. The van der Waals surface area contributed by atoms with Gasteiger partial charge in [0.05, 0.1) is 19.1 Å². The highest BCUT2D eigenvalue weighted by Gasteiger charge is 2.19. The number of nitrogens with zero attached hydrogens (tertiary/aromatic N) is 4. The van der Waals surface area contributed by atoms with Crippen molar-refractivity contribution in [2.45, 2.75) is 6.92 Å². The van der Waals surface area contributed by atoms with Crippen molar-refractivity contribution < 1.29 is 14.1 Å². The Morgan fingerprint density at radius 1 is 1.28 bits per heavy atom. The molecule has 8 heteroatoms. The highest BCUT2D eigenvalue weighted by Crippen LogP contribution is 2.12. The SMILES string of the molecule is Cc1cc(NC(=O)CN(C)C(=O)c2cncn2-c2ccccc2)no1. The minimum absolute atomic E-state index is 0.120. The second-order valence-corrected chi connectivity index (χ2v) is 5.52. The molecule has 0 saturated heterocycles. The largest absolute Gasteiger partial charge is 0.360 e. The number of para-hydroxylation sites is 1. The quantitative estimate of drug-likeness (QED) is 0.766. The molecule has 0 radical (unpaired) electrons. The fourth-order valence-corrected chi connectivity index (χ4v) is 2.34. The van der Waals surface area contributed by atoms with Gasteiger partial charge in [0.15, 0.2) is 5.82 Å². The summed E-state index contributed by atoms with van der Waals surface area (Å²) in [6.45, 7) is 1.60. The molecule has 25 heavy (non-hydrogen) atoms. The summed E-state index contributed by atoms with van der Waals surface area (Å²) in [5, 5.41) is 6.27. The number of imidazole rings is 1. The number of likely N-dealkylation sites (N-methyl/N-ethyl adjacent to an activating group) is 1. The van der Waals surface area contributed by atoms with Crippen molar-refractivity contribution in [3.05, 3.63) is 60.4 Å². The molecule has 1 aromatic carbocycles. The van der Waals surface area contributed by atoms with Crippen molar-refractivity contribution in [3.8, 4) is 5.69 Å². The van der Waals surface area contributed by atoms with E-state index in [1.165, 1.54) is 11.1 Å². The predicted molar refractivity (Wildman–Crippen MR) is 90.4 cm³/mol. The van der Waals surface area contributed by atoms with Crippen LogP contribution in [0.3, 0.4) is 0 Å². The van der Waals surface area contributed by atoms with Crippen LogP contribution < -0.4 is 5.32 Å². The van der Waals surface area contributed by atoms with E-state index >= 15 is 0 Å². The van der Waals surface area contributed by atoms with Gasteiger partial charge in [-0.2, -0.15) is 0 Å². The molecule has 0 spiro atoms. The maximum Gasteiger partial charge on any atom is 0.272 e. The molecule has 0 aliphatic carbocycles. The Bertz CT molecular complexity index is 885. The second kappa shape index (κ2) is 7.00. The van der Waals surface area contributed by atoms with Gasteiger partial charge >= 0.3 is 0 Å². The summed E-state index contributed by atoms with van der Waals surface area (Å²) < 4.78 is 6.56. The van der Waals surface area contributed by atoms with Gasteiger partial charge in [0.25, 0.3) is 5.91 Å². The second-order valence-electron chi connectivity index (χ2n) is 5.52. The van der Waals surface area contributed by atoms with Crippen LogP contribution >= 0.6 is 0 Å². The van der Waals surface area contributed by atoms with E-state index < -0.39 is 0 Å². The zero-order valence-corrected chi connectivity index (χ0v) is 13.8. The zero-order valence-electron chi connectivity index (χ0n) is 13.8. The van der Waals surface area contributed by atoms with Crippen LogP contribution in [-0.2, 0) is 4.79 Å². The van der Waals surface area contributed by atoms with Crippen LogP contribution in [0.25, 0.3) is 5.69 Å². The summed E-state index contributed by atoms with van der Waals surface area (Å²) in [6, 6.07) is 11.0. The average molecular weight is 339 g/mol. The molecule has 3 aromatic rings. The molecule has 2 amide bonds. The van der Waals surface area contributed by atoms with E-state index in [4.69, 9.17) is 4.52 Å². The maximum absolute atomic E-state index is 12.6. The molecule has 0 atom stereocenters. The Labute approximate surface area is 144 Å². The highest BCUT2D eigenvalue weighted by atomic mass is 16.5. The molecule has 0 aliphatic rings. The summed E-state index contributed by atoms with van der Waals surface area (Å²) in [5.74, 6) is 0.229. The van der Waals surface area contributed by atoms with Crippen molar-refractivity contribution in [3.63, 3.8) is 0 Å². The van der Waals surface area contributed by atoms with E-state index in [1.807, 2.05) is 30.3 Å². The summed E-state index contributed by atoms with van der Waals surface area (Å²) in [4.78, 5) is 30.1. The molecular weight excluding hydrogens is 322 g/mol. The van der Waals surface area contributed by atoms with Gasteiger partial charge in [-0.1, -0.05) is 23.4 Å². The number of hydrogen-bond donors (Lipinski definition) is 1. The van der Waals surface area contributed by atoms with Crippen LogP contribution in [0.15, 0.2) is 53.4 Å². The molecule has 0 aliphatic heterocycles. The highest BCUT2D eigenvalue weighted by molar-refractivity contribution is 5.98. The third kappa shape index (κ3) is 3.74. The number of rotatable bonds is 5. The van der Waals surface area contributed by atoms with Gasteiger partial charge in [-0.25, -0.2) is 4.98 Å². The van der Waals surface area contributed by atoms with Gasteiger partial charge in [-0.05, 0) is 19.1 Å². The van der Waals surface area contributed by atoms with E-state index in [0.717, 1.165) is 5.69 Å². The standard InChI is InChI=1S/C17H17N5O3/c1-12-8-15(20-25-12)19-16(23)10-21(2)17(24)14-9-18-11-22(14)13-6-4-3-5-7-13/h3-9,11H,10H2,1-2H3,(H,19,20,23).